The number of carbonyl (C=O) groups excluding carboxylic acids is 2. The molecule has 2 fully saturated rings. The molecular weight excluding hydrogens is 332 g/mol. The van der Waals surface area contributed by atoms with E-state index in [0.29, 0.717) is 0 Å². The van der Waals surface area contributed by atoms with Gasteiger partial charge in [0.1, 0.15) is 6.61 Å². The van der Waals surface area contributed by atoms with Gasteiger partial charge < -0.3 is 4.74 Å². The molecule has 1 heterocycles. The average Bonchev–Trinajstić information content (AvgIpc) is 2.88. The lowest BCUT2D eigenvalue weighted by Crippen LogP contribution is -2.10. The fraction of sp³-hybridized carbons (Fsp3) is 0.429. The third-order valence-electron chi connectivity index (χ3n) is 5.16. The minimum Gasteiger partial charge on any atom is -0.461 e. The first-order chi connectivity index (χ1) is 11.9. The lowest BCUT2D eigenvalue weighted by Gasteiger charge is -2.07. The quantitative estimate of drug-likeness (QED) is 0.432. The normalized spacial score (nSPS) is 25.8. The number of carbonyl (C=O) groups is 2. The van der Waals surface area contributed by atoms with Crippen molar-refractivity contribution < 1.29 is 14.3 Å². The van der Waals surface area contributed by atoms with Gasteiger partial charge in [-0.25, -0.2) is 0 Å². The van der Waals surface area contributed by atoms with E-state index in [4.69, 9.17) is 4.74 Å². The maximum Gasteiger partial charge on any atom is 0.310 e. The summed E-state index contributed by atoms with van der Waals surface area (Å²) < 4.78 is 5.56. The van der Waals surface area contributed by atoms with Crippen molar-refractivity contribution in [3.63, 3.8) is 0 Å². The van der Waals surface area contributed by atoms with Crippen molar-refractivity contribution in [2.24, 2.45) is 17.3 Å². The molecule has 2 aliphatic rings. The van der Waals surface area contributed by atoms with Crippen molar-refractivity contribution in [1.29, 1.82) is 0 Å². The molecule has 25 heavy (non-hydrogen) atoms. The number of benzene rings is 1. The van der Waals surface area contributed by atoms with Crippen molar-refractivity contribution in [1.82, 2.24) is 0 Å². The smallest absolute Gasteiger partial charge is 0.310 e. The average molecular weight is 356 g/mol. The molecule has 0 N–H and O–H groups in total. The number of rotatable bonds is 6. The summed E-state index contributed by atoms with van der Waals surface area (Å²) >= 11 is 1.37. The Morgan fingerprint density at radius 1 is 1.40 bits per heavy atom. The Balaban J connectivity index is 1.61. The summed E-state index contributed by atoms with van der Waals surface area (Å²) in [6, 6.07) is 8.02. The maximum atomic E-state index is 12.5. The number of ether oxygens (including phenoxy) is 1. The van der Waals surface area contributed by atoms with Gasteiger partial charge >= 0.3 is 5.97 Å². The number of hydrogen-bond acceptors (Lipinski definition) is 4. The Morgan fingerprint density at radius 3 is 2.84 bits per heavy atom. The zero-order valence-corrected chi connectivity index (χ0v) is 15.6. The Labute approximate surface area is 153 Å². The first-order valence-corrected chi connectivity index (χ1v) is 9.65. The Kier molecular flexibility index (Phi) is 5.19. The van der Waals surface area contributed by atoms with Crippen LogP contribution in [0.4, 0.5) is 0 Å². The van der Waals surface area contributed by atoms with Gasteiger partial charge in [-0.15, -0.1) is 6.58 Å². The number of esters is 1. The Morgan fingerprint density at radius 2 is 2.16 bits per heavy atom. The summed E-state index contributed by atoms with van der Waals surface area (Å²) in [6.45, 7) is 8.17. The van der Waals surface area contributed by atoms with E-state index in [1.165, 1.54) is 11.8 Å². The molecule has 1 aliphatic carbocycles. The third kappa shape index (κ3) is 3.90. The van der Waals surface area contributed by atoms with Crippen LogP contribution in [0.15, 0.2) is 48.6 Å². The SMILES string of the molecule is C=CCc1cccc(COC(=O)[C@@H]2[C@H](/C=C3\CCSC3=O)C2(C)C)c1. The summed E-state index contributed by atoms with van der Waals surface area (Å²) in [6.07, 6.45) is 5.49. The molecule has 1 aromatic carbocycles. The molecule has 3 rings (SSSR count). The predicted octanol–water partition coefficient (Wildman–Crippen LogP) is 4.32. The van der Waals surface area contributed by atoms with Gasteiger partial charge in [-0.05, 0) is 35.3 Å². The van der Waals surface area contributed by atoms with Gasteiger partial charge in [0.15, 0.2) is 0 Å². The molecule has 0 amide bonds. The van der Waals surface area contributed by atoms with E-state index in [1.807, 2.05) is 36.4 Å². The molecule has 1 aliphatic heterocycles. The van der Waals surface area contributed by atoms with Crippen LogP contribution in [0.25, 0.3) is 0 Å². The summed E-state index contributed by atoms with van der Waals surface area (Å²) in [5.74, 6) is 0.632. The second kappa shape index (κ2) is 7.20. The van der Waals surface area contributed by atoms with Gasteiger partial charge in [0.2, 0.25) is 5.12 Å². The molecular formula is C21H24O3S. The monoisotopic (exact) mass is 356 g/mol. The van der Waals surface area contributed by atoms with Gasteiger partial charge in [0, 0.05) is 11.3 Å². The van der Waals surface area contributed by atoms with Gasteiger partial charge in [0.25, 0.3) is 0 Å². The first kappa shape index (κ1) is 18.0. The molecule has 3 nitrogen and oxygen atoms in total. The highest BCUT2D eigenvalue weighted by Crippen LogP contribution is 2.60. The van der Waals surface area contributed by atoms with Crippen LogP contribution >= 0.6 is 11.8 Å². The number of hydrogen-bond donors (Lipinski definition) is 0. The number of thioether (sulfide) groups is 1. The summed E-state index contributed by atoms with van der Waals surface area (Å²) in [4.78, 5) is 24.3. The van der Waals surface area contributed by atoms with Crippen LogP contribution in [-0.2, 0) is 27.4 Å². The van der Waals surface area contributed by atoms with E-state index >= 15 is 0 Å². The van der Waals surface area contributed by atoms with E-state index in [1.54, 1.807) is 0 Å². The minimum absolute atomic E-state index is 0.102. The van der Waals surface area contributed by atoms with Crippen LogP contribution < -0.4 is 0 Å². The zero-order valence-electron chi connectivity index (χ0n) is 14.8. The van der Waals surface area contributed by atoms with Crippen LogP contribution in [0, 0.1) is 17.3 Å². The molecule has 0 aromatic heterocycles. The summed E-state index contributed by atoms with van der Waals surface area (Å²) in [5.41, 5.74) is 2.89. The van der Waals surface area contributed by atoms with E-state index in [2.05, 4.69) is 20.4 Å². The van der Waals surface area contributed by atoms with Crippen LogP contribution in [0.3, 0.4) is 0 Å². The molecule has 0 spiro atoms. The molecule has 1 aromatic rings. The largest absolute Gasteiger partial charge is 0.461 e. The molecule has 132 valence electrons. The summed E-state index contributed by atoms with van der Waals surface area (Å²) in [7, 11) is 0. The Hall–Kier alpha value is -1.81. The second-order valence-electron chi connectivity index (χ2n) is 7.32. The third-order valence-corrected chi connectivity index (χ3v) is 6.10. The predicted molar refractivity (Wildman–Crippen MR) is 101 cm³/mol. The van der Waals surface area contributed by atoms with Gasteiger partial charge in [0.05, 0.1) is 5.92 Å². The van der Waals surface area contributed by atoms with Gasteiger partial charge in [-0.2, -0.15) is 0 Å². The second-order valence-corrected chi connectivity index (χ2v) is 8.39. The van der Waals surface area contributed by atoms with E-state index in [0.717, 1.165) is 35.3 Å². The number of allylic oxidation sites excluding steroid dienone is 2. The molecule has 1 saturated carbocycles. The lowest BCUT2D eigenvalue weighted by molar-refractivity contribution is -0.147. The highest BCUT2D eigenvalue weighted by Gasteiger charge is 2.61. The lowest BCUT2D eigenvalue weighted by atomic mass is 10.1. The molecule has 0 unspecified atom stereocenters. The standard InChI is InChI=1S/C21H24O3S/c1-4-6-14-7-5-8-15(11-14)13-24-19(22)18-17(21(18,2)3)12-16-9-10-25-20(16)23/h4-5,7-8,11-12,17-18H,1,6,9-10,13H2,2-3H3/b16-12+/t17-,18-/m0/s1. The van der Waals surface area contributed by atoms with E-state index < -0.39 is 0 Å². The van der Waals surface area contributed by atoms with Gasteiger partial charge in [-0.1, -0.05) is 62.0 Å². The van der Waals surface area contributed by atoms with E-state index in [-0.39, 0.29) is 34.9 Å². The molecule has 4 heteroatoms. The highest BCUT2D eigenvalue weighted by atomic mass is 32.2. The minimum atomic E-state index is -0.168. The molecule has 0 radical (unpaired) electrons. The first-order valence-electron chi connectivity index (χ1n) is 8.66. The van der Waals surface area contributed by atoms with Gasteiger partial charge in [-0.3, -0.25) is 9.59 Å². The zero-order chi connectivity index (χ0) is 18.0. The van der Waals surface area contributed by atoms with Crippen LogP contribution in [0.2, 0.25) is 0 Å². The van der Waals surface area contributed by atoms with Crippen molar-refractivity contribution in [2.45, 2.75) is 33.3 Å². The van der Waals surface area contributed by atoms with Crippen LogP contribution in [-0.4, -0.2) is 16.8 Å². The van der Waals surface area contributed by atoms with Crippen molar-refractivity contribution >= 4 is 22.8 Å². The van der Waals surface area contributed by atoms with Crippen molar-refractivity contribution in [3.05, 3.63) is 59.7 Å². The van der Waals surface area contributed by atoms with Crippen molar-refractivity contribution in [3.8, 4) is 0 Å². The topological polar surface area (TPSA) is 43.4 Å². The molecule has 2 atom stereocenters. The highest BCUT2D eigenvalue weighted by molar-refractivity contribution is 8.14. The molecule has 0 bridgehead atoms. The summed E-state index contributed by atoms with van der Waals surface area (Å²) in [5, 5.41) is 0.161. The maximum absolute atomic E-state index is 12.5. The fourth-order valence-electron chi connectivity index (χ4n) is 3.51. The van der Waals surface area contributed by atoms with Crippen LogP contribution in [0.1, 0.15) is 31.4 Å². The Bertz CT molecular complexity index is 732. The van der Waals surface area contributed by atoms with Crippen LogP contribution in [0.5, 0.6) is 0 Å². The van der Waals surface area contributed by atoms with Crippen molar-refractivity contribution in [2.75, 3.05) is 5.75 Å². The fourth-order valence-corrected chi connectivity index (χ4v) is 4.38. The van der Waals surface area contributed by atoms with E-state index in [9.17, 15) is 9.59 Å². The molecule has 1 saturated heterocycles.